The van der Waals surface area contributed by atoms with E-state index in [0.29, 0.717) is 16.9 Å². The summed E-state index contributed by atoms with van der Waals surface area (Å²) < 4.78 is 6.18. The third-order valence-electron chi connectivity index (χ3n) is 6.07. The molecule has 218 valence electrons. The van der Waals surface area contributed by atoms with Crippen molar-refractivity contribution in [3.8, 4) is 17.7 Å². The van der Waals surface area contributed by atoms with Crippen LogP contribution in [0.3, 0.4) is 0 Å². The average Bonchev–Trinajstić information content (AvgIpc) is 2.90. The van der Waals surface area contributed by atoms with E-state index in [1.165, 1.54) is 19.1 Å². The van der Waals surface area contributed by atoms with E-state index in [0.717, 1.165) is 11.1 Å². The molecule has 1 N–H and O–H groups in total. The molecule has 0 aliphatic carbocycles. The van der Waals surface area contributed by atoms with E-state index in [-0.39, 0.29) is 51.5 Å². The van der Waals surface area contributed by atoms with Crippen molar-refractivity contribution >= 4 is 23.3 Å². The predicted molar refractivity (Wildman–Crippen MR) is 145 cm³/mol. The Hall–Kier alpha value is -4.46. The Morgan fingerprint density at radius 3 is 2.46 bits per heavy atom. The van der Waals surface area contributed by atoms with Crippen molar-refractivity contribution in [2.75, 3.05) is 6.61 Å². The number of aromatic nitrogens is 1. The van der Waals surface area contributed by atoms with Gasteiger partial charge in [0, 0.05) is 11.1 Å². The number of carboxylic acids is 1. The first-order chi connectivity index (χ1) is 18.9. The zero-order valence-corrected chi connectivity index (χ0v) is 24.1. The number of carboxylic acid groups (broad SMARTS) is 1. The molecule has 0 unspecified atom stereocenters. The number of hydrogen-bond acceptors (Lipinski definition) is 9. The standard InChI is InChI=1S/C29H31N5O6.Cu/c1-6-40-23-12-11-19(29(3,4)5)13-18(23)15-31-26(37)20-9-7-8-10-22(20)32-33-25-17(2)21(14-30)27(38)34(28(25)39)16-24(35)36;/h7-13H,6,15-16H2,1-5H3,(H3,31,32,35,36,37,38,39);/q;+1/p-2. The number of nitriles is 1. The SMILES string of the molecule is CCOc1ccc(C(C)(C)C)cc1C[N-]C(=O)c1ccccc1N=Nc1c(C)c(C#N)c(=O)n(CC(=O)[O-])c1O.[Cu+]. The monoisotopic (exact) mass is 606 g/mol. The van der Waals surface area contributed by atoms with Gasteiger partial charge in [-0.15, -0.1) is 10.2 Å². The second-order valence-electron chi connectivity index (χ2n) is 9.89. The first kappa shape index (κ1) is 32.7. The van der Waals surface area contributed by atoms with Gasteiger partial charge in [0.2, 0.25) is 5.88 Å². The third-order valence-corrected chi connectivity index (χ3v) is 6.07. The zero-order chi connectivity index (χ0) is 29.6. The molecule has 0 saturated heterocycles. The number of rotatable bonds is 9. The summed E-state index contributed by atoms with van der Waals surface area (Å²) in [5.74, 6) is -2.39. The smallest absolute Gasteiger partial charge is 0.645 e. The zero-order valence-electron chi connectivity index (χ0n) is 23.2. The van der Waals surface area contributed by atoms with Gasteiger partial charge >= 0.3 is 17.1 Å². The first-order valence-corrected chi connectivity index (χ1v) is 12.4. The molecule has 0 fully saturated rings. The Labute approximate surface area is 248 Å². The molecule has 0 atom stereocenters. The number of nitrogens with zero attached hydrogens (tertiary/aromatic N) is 5. The molecule has 0 radical (unpaired) electrons. The van der Waals surface area contributed by atoms with Crippen LogP contribution in [0, 0.1) is 18.3 Å². The van der Waals surface area contributed by atoms with Crippen molar-refractivity contribution in [1.29, 1.82) is 5.26 Å². The summed E-state index contributed by atoms with van der Waals surface area (Å²) in [6.07, 6.45) is 0. The number of aromatic hydroxyl groups is 1. The fourth-order valence-corrected chi connectivity index (χ4v) is 3.89. The largest absolute Gasteiger partial charge is 1.00 e. The molecule has 0 spiro atoms. The van der Waals surface area contributed by atoms with Crippen LogP contribution in [0.1, 0.15) is 60.3 Å². The van der Waals surface area contributed by atoms with Gasteiger partial charge in [-0.25, -0.2) is 0 Å². The normalized spacial score (nSPS) is 11.0. The van der Waals surface area contributed by atoms with E-state index in [4.69, 9.17) is 4.74 Å². The Morgan fingerprint density at radius 2 is 1.85 bits per heavy atom. The maximum atomic E-state index is 13.1. The van der Waals surface area contributed by atoms with Gasteiger partial charge in [0.1, 0.15) is 17.4 Å². The molecular weight excluding hydrogens is 578 g/mol. The minimum absolute atomic E-state index is 0. The second-order valence-corrected chi connectivity index (χ2v) is 9.89. The number of aliphatic carboxylic acids is 1. The number of benzene rings is 2. The van der Waals surface area contributed by atoms with Gasteiger partial charge in [0.15, 0.2) is 5.69 Å². The van der Waals surface area contributed by atoms with Gasteiger partial charge in [-0.1, -0.05) is 57.6 Å². The summed E-state index contributed by atoms with van der Waals surface area (Å²) in [7, 11) is 0. The number of hydrogen-bond donors (Lipinski definition) is 1. The fraction of sp³-hybridized carbons (Fsp3) is 0.310. The molecule has 41 heavy (non-hydrogen) atoms. The molecule has 2 aromatic carbocycles. The van der Waals surface area contributed by atoms with Crippen molar-refractivity contribution in [2.24, 2.45) is 10.2 Å². The first-order valence-electron chi connectivity index (χ1n) is 12.4. The molecular formula is C29H29CuN5O6-. The number of ether oxygens (including phenoxy) is 1. The summed E-state index contributed by atoms with van der Waals surface area (Å²) in [6, 6.07) is 13.8. The fourth-order valence-electron chi connectivity index (χ4n) is 3.89. The Balaban J connectivity index is 0.00000588. The quantitative estimate of drug-likeness (QED) is 0.279. The van der Waals surface area contributed by atoms with Crippen molar-refractivity contribution in [3.63, 3.8) is 0 Å². The maximum Gasteiger partial charge on any atom is 1.00 e. The summed E-state index contributed by atoms with van der Waals surface area (Å²) in [5.41, 5.74) is 0.227. The van der Waals surface area contributed by atoms with Gasteiger partial charge in [-0.05, 0) is 42.5 Å². The van der Waals surface area contributed by atoms with Crippen LogP contribution < -0.4 is 15.4 Å². The molecule has 1 amide bonds. The maximum absolute atomic E-state index is 13.1. The van der Waals surface area contributed by atoms with Crippen molar-refractivity contribution in [3.05, 3.63) is 86.0 Å². The van der Waals surface area contributed by atoms with Crippen molar-refractivity contribution in [2.45, 2.75) is 53.1 Å². The molecule has 3 rings (SSSR count). The minimum Gasteiger partial charge on any atom is -0.645 e. The molecule has 0 aliphatic heterocycles. The molecule has 11 nitrogen and oxygen atoms in total. The number of carbonyl (C=O) groups is 2. The van der Waals surface area contributed by atoms with Crippen LogP contribution in [-0.4, -0.2) is 28.2 Å². The molecule has 3 aromatic rings. The number of azo groups is 1. The van der Waals surface area contributed by atoms with E-state index in [1.54, 1.807) is 18.2 Å². The van der Waals surface area contributed by atoms with Gasteiger partial charge in [0.05, 0.1) is 30.7 Å². The summed E-state index contributed by atoms with van der Waals surface area (Å²) in [4.78, 5) is 36.6. The van der Waals surface area contributed by atoms with Crippen LogP contribution in [0.4, 0.5) is 11.4 Å². The van der Waals surface area contributed by atoms with Crippen LogP contribution in [0.25, 0.3) is 5.32 Å². The van der Waals surface area contributed by atoms with Gasteiger partial charge in [-0.3, -0.25) is 9.36 Å². The van der Waals surface area contributed by atoms with Crippen LogP contribution in [0.2, 0.25) is 0 Å². The van der Waals surface area contributed by atoms with E-state index in [9.17, 15) is 29.9 Å². The van der Waals surface area contributed by atoms with E-state index < -0.39 is 35.4 Å². The second kappa shape index (κ2) is 13.7. The molecule has 0 aliphatic rings. The van der Waals surface area contributed by atoms with Crippen molar-refractivity contribution < 1.29 is 41.6 Å². The van der Waals surface area contributed by atoms with Gasteiger partial charge in [-0.2, -0.15) is 5.26 Å². The summed E-state index contributed by atoms with van der Waals surface area (Å²) in [5, 5.41) is 43.3. The van der Waals surface area contributed by atoms with E-state index >= 15 is 0 Å². The van der Waals surface area contributed by atoms with Gasteiger partial charge < -0.3 is 29.9 Å². The molecule has 1 heterocycles. The van der Waals surface area contributed by atoms with Crippen LogP contribution in [-0.2, 0) is 40.4 Å². The Bertz CT molecular complexity index is 1580. The number of amides is 1. The van der Waals surface area contributed by atoms with Crippen LogP contribution in [0.5, 0.6) is 11.6 Å². The van der Waals surface area contributed by atoms with Crippen molar-refractivity contribution in [1.82, 2.24) is 4.57 Å². The third kappa shape index (κ3) is 7.60. The topological polar surface area (TPSA) is 171 Å². The van der Waals surface area contributed by atoms with Gasteiger partial charge in [0.25, 0.3) is 5.56 Å². The average molecular weight is 607 g/mol. The van der Waals surface area contributed by atoms with Crippen LogP contribution in [0.15, 0.2) is 57.5 Å². The van der Waals surface area contributed by atoms with E-state index in [1.807, 2.05) is 25.1 Å². The summed E-state index contributed by atoms with van der Waals surface area (Å²) >= 11 is 0. The molecule has 12 heteroatoms. The molecule has 1 aromatic heterocycles. The minimum atomic E-state index is -1.65. The predicted octanol–water partition coefficient (Wildman–Crippen LogP) is 4.31. The Morgan fingerprint density at radius 1 is 1.17 bits per heavy atom. The Kier molecular flexibility index (Phi) is 11.0. The number of pyridine rings is 1. The molecule has 0 saturated carbocycles. The van der Waals surface area contributed by atoms with Crippen LogP contribution >= 0.6 is 0 Å². The summed E-state index contributed by atoms with van der Waals surface area (Å²) in [6.45, 7) is 9.01. The van der Waals surface area contributed by atoms with E-state index in [2.05, 4.69) is 36.3 Å². The molecule has 0 bridgehead atoms. The number of carbonyl (C=O) groups excluding carboxylic acids is 2.